The first-order chi connectivity index (χ1) is 9.93. The number of ether oxygens (including phenoxy) is 1. The number of nitrogens with zero attached hydrogens (tertiary/aromatic N) is 1. The van der Waals surface area contributed by atoms with Crippen LogP contribution in [0.5, 0.6) is 5.75 Å². The Kier molecular flexibility index (Phi) is 6.52. The number of carbonyl (C=O) groups excluding carboxylic acids is 1. The molecule has 1 aromatic rings. The summed E-state index contributed by atoms with van der Waals surface area (Å²) >= 11 is 0. The molecule has 0 spiro atoms. The molecule has 0 saturated heterocycles. The number of pyridine rings is 1. The van der Waals surface area contributed by atoms with Crippen LogP contribution in [-0.2, 0) is 18.4 Å². The van der Waals surface area contributed by atoms with Gasteiger partial charge in [0.25, 0.3) is 0 Å². The highest BCUT2D eigenvalue weighted by Crippen LogP contribution is 2.61. The third-order valence-corrected chi connectivity index (χ3v) is 6.08. The third-order valence-electron chi connectivity index (χ3n) is 3.18. The molecule has 0 aliphatic heterocycles. The normalized spacial score (nSPS) is 14.5. The molecular formula is C14H22NO5P. The van der Waals surface area contributed by atoms with Crippen LogP contribution in [0.15, 0.2) is 24.5 Å². The molecule has 0 aromatic carbocycles. The van der Waals surface area contributed by atoms with Gasteiger partial charge in [-0.2, -0.15) is 0 Å². The second kappa shape index (κ2) is 7.69. The highest BCUT2D eigenvalue weighted by Gasteiger charge is 2.53. The van der Waals surface area contributed by atoms with Gasteiger partial charge in [-0.1, -0.05) is 6.92 Å². The van der Waals surface area contributed by atoms with E-state index < -0.39 is 18.7 Å². The summed E-state index contributed by atoms with van der Waals surface area (Å²) in [5.74, 6) is -0.357. The number of hydrogen-bond donors (Lipinski definition) is 0. The molecule has 0 saturated carbocycles. The Morgan fingerprint density at radius 2 is 1.90 bits per heavy atom. The van der Waals surface area contributed by atoms with E-state index in [0.717, 1.165) is 0 Å². The van der Waals surface area contributed by atoms with E-state index in [2.05, 4.69) is 4.98 Å². The summed E-state index contributed by atoms with van der Waals surface area (Å²) in [5, 5.41) is -1.37. The minimum Gasteiger partial charge on any atom is -0.424 e. The molecule has 0 fully saturated rings. The van der Waals surface area contributed by atoms with Crippen molar-refractivity contribution in [1.29, 1.82) is 0 Å². The van der Waals surface area contributed by atoms with Gasteiger partial charge in [-0.3, -0.25) is 14.3 Å². The predicted molar refractivity (Wildman–Crippen MR) is 79.4 cm³/mol. The van der Waals surface area contributed by atoms with Gasteiger partial charge in [0.15, 0.2) is 5.16 Å². The Hall–Kier alpha value is -1.23. The Balaban J connectivity index is 3.06. The quantitative estimate of drug-likeness (QED) is 0.540. The number of carbonyl (C=O) groups is 1. The number of aromatic nitrogens is 1. The Morgan fingerprint density at radius 1 is 1.29 bits per heavy atom. The fraction of sp³-hybridized carbons (Fsp3) is 0.571. The average molecular weight is 315 g/mol. The van der Waals surface area contributed by atoms with Crippen LogP contribution in [0.1, 0.15) is 34.1 Å². The van der Waals surface area contributed by atoms with E-state index in [0.29, 0.717) is 5.75 Å². The summed E-state index contributed by atoms with van der Waals surface area (Å²) in [5.41, 5.74) is 0. The minimum absolute atomic E-state index is 0.188. The molecule has 1 rings (SSSR count). The molecule has 0 N–H and O–H groups in total. The fourth-order valence-electron chi connectivity index (χ4n) is 1.74. The van der Waals surface area contributed by atoms with Crippen molar-refractivity contribution in [3.8, 4) is 5.75 Å². The van der Waals surface area contributed by atoms with Crippen LogP contribution < -0.4 is 4.74 Å². The average Bonchev–Trinajstić information content (AvgIpc) is 2.47. The van der Waals surface area contributed by atoms with Crippen molar-refractivity contribution >= 4 is 13.6 Å². The van der Waals surface area contributed by atoms with E-state index in [1.807, 2.05) is 0 Å². The summed E-state index contributed by atoms with van der Waals surface area (Å²) in [6, 6.07) is 3.25. The monoisotopic (exact) mass is 315 g/mol. The standard InChI is InChI=1S/C14H22NO5P/c1-5-14(4,21(17,18-6-2)19-7-3)13(16)20-12-9-8-10-15-11-12/h8-11H,5-7H2,1-4H3. The van der Waals surface area contributed by atoms with E-state index in [9.17, 15) is 9.36 Å². The summed E-state index contributed by atoms with van der Waals surface area (Å²) < 4.78 is 28.8. The van der Waals surface area contributed by atoms with Crippen LogP contribution >= 0.6 is 7.60 Å². The van der Waals surface area contributed by atoms with Crippen LogP contribution in [0.2, 0.25) is 0 Å². The van der Waals surface area contributed by atoms with Crippen LogP contribution in [0, 0.1) is 0 Å². The molecule has 0 radical (unpaired) electrons. The molecule has 0 amide bonds. The van der Waals surface area contributed by atoms with Crippen molar-refractivity contribution in [2.75, 3.05) is 13.2 Å². The zero-order valence-electron chi connectivity index (χ0n) is 12.9. The van der Waals surface area contributed by atoms with Crippen molar-refractivity contribution in [3.05, 3.63) is 24.5 Å². The van der Waals surface area contributed by atoms with Crippen LogP contribution in [0.4, 0.5) is 0 Å². The van der Waals surface area contributed by atoms with Gasteiger partial charge in [-0.05, 0) is 39.3 Å². The van der Waals surface area contributed by atoms with Gasteiger partial charge < -0.3 is 13.8 Å². The smallest absolute Gasteiger partial charge is 0.347 e. The summed E-state index contributed by atoms with van der Waals surface area (Å²) in [7, 11) is -3.63. The molecule has 0 aliphatic rings. The zero-order chi connectivity index (χ0) is 15.9. The summed E-state index contributed by atoms with van der Waals surface area (Å²) in [6.07, 6.45) is 3.26. The molecule has 0 bridgehead atoms. The molecule has 1 atom stereocenters. The topological polar surface area (TPSA) is 74.7 Å². The lowest BCUT2D eigenvalue weighted by molar-refractivity contribution is -0.137. The molecule has 6 nitrogen and oxygen atoms in total. The van der Waals surface area contributed by atoms with Crippen molar-refractivity contribution in [3.63, 3.8) is 0 Å². The molecular weight excluding hydrogens is 293 g/mol. The Morgan fingerprint density at radius 3 is 2.33 bits per heavy atom. The maximum atomic E-state index is 12.9. The second-order valence-corrected chi connectivity index (χ2v) is 7.04. The molecule has 1 heterocycles. The van der Waals surface area contributed by atoms with Crippen molar-refractivity contribution in [2.45, 2.75) is 39.3 Å². The van der Waals surface area contributed by atoms with Gasteiger partial charge in [0.05, 0.1) is 19.4 Å². The third kappa shape index (κ3) is 3.90. The molecule has 21 heavy (non-hydrogen) atoms. The first kappa shape index (κ1) is 17.8. The van der Waals surface area contributed by atoms with Crippen molar-refractivity contribution < 1.29 is 23.1 Å². The Labute approximate surface area is 125 Å². The maximum absolute atomic E-state index is 12.9. The van der Waals surface area contributed by atoms with Gasteiger partial charge >= 0.3 is 13.6 Å². The SMILES string of the molecule is CCOP(=O)(OCC)C(C)(CC)C(=O)Oc1cccnc1. The van der Waals surface area contributed by atoms with E-state index >= 15 is 0 Å². The van der Waals surface area contributed by atoms with E-state index in [4.69, 9.17) is 13.8 Å². The lowest BCUT2D eigenvalue weighted by Gasteiger charge is -2.32. The number of esters is 1. The second-order valence-electron chi connectivity index (χ2n) is 4.54. The van der Waals surface area contributed by atoms with Crippen LogP contribution in [0.3, 0.4) is 0 Å². The molecule has 7 heteroatoms. The molecule has 0 aliphatic carbocycles. The van der Waals surface area contributed by atoms with E-state index in [1.165, 1.54) is 13.1 Å². The van der Waals surface area contributed by atoms with Gasteiger partial charge in [-0.15, -0.1) is 0 Å². The van der Waals surface area contributed by atoms with Gasteiger partial charge in [0, 0.05) is 6.20 Å². The molecule has 1 aromatic heterocycles. The van der Waals surface area contributed by atoms with E-state index in [-0.39, 0.29) is 19.6 Å². The maximum Gasteiger partial charge on any atom is 0.347 e. The highest BCUT2D eigenvalue weighted by molar-refractivity contribution is 7.56. The Bertz CT molecular complexity index is 497. The number of rotatable bonds is 8. The van der Waals surface area contributed by atoms with Crippen molar-refractivity contribution in [2.24, 2.45) is 0 Å². The van der Waals surface area contributed by atoms with E-state index in [1.54, 1.807) is 39.1 Å². The van der Waals surface area contributed by atoms with Gasteiger partial charge in [0.1, 0.15) is 5.75 Å². The fourth-order valence-corrected chi connectivity index (χ4v) is 3.72. The van der Waals surface area contributed by atoms with Crippen LogP contribution in [0.25, 0.3) is 0 Å². The lowest BCUT2D eigenvalue weighted by Crippen LogP contribution is -2.39. The molecule has 118 valence electrons. The van der Waals surface area contributed by atoms with Crippen molar-refractivity contribution in [1.82, 2.24) is 4.98 Å². The summed E-state index contributed by atoms with van der Waals surface area (Å²) in [6.45, 7) is 7.06. The number of hydrogen-bond acceptors (Lipinski definition) is 6. The van der Waals surface area contributed by atoms with Gasteiger partial charge in [0.2, 0.25) is 0 Å². The predicted octanol–water partition coefficient (Wildman–Crippen LogP) is 3.42. The first-order valence-corrected chi connectivity index (χ1v) is 8.49. The van der Waals surface area contributed by atoms with Gasteiger partial charge in [-0.25, -0.2) is 0 Å². The lowest BCUT2D eigenvalue weighted by atomic mass is 10.1. The largest absolute Gasteiger partial charge is 0.424 e. The first-order valence-electron chi connectivity index (χ1n) is 6.95. The van der Waals surface area contributed by atoms with Crippen LogP contribution in [-0.4, -0.2) is 29.3 Å². The zero-order valence-corrected chi connectivity index (χ0v) is 13.8. The summed E-state index contributed by atoms with van der Waals surface area (Å²) in [4.78, 5) is 16.4. The molecule has 1 unspecified atom stereocenters. The minimum atomic E-state index is -3.63. The highest BCUT2D eigenvalue weighted by atomic mass is 31.2.